The number of likely N-dealkylation sites (N-methyl/N-ethyl adjacent to an activating group) is 1. The fourth-order valence-electron chi connectivity index (χ4n) is 2.31. The first-order valence-electron chi connectivity index (χ1n) is 7.68. The predicted octanol–water partition coefficient (Wildman–Crippen LogP) is 2.87. The Morgan fingerprint density at radius 3 is 2.52 bits per heavy atom. The van der Waals surface area contributed by atoms with E-state index in [1.165, 1.54) is 5.56 Å². The van der Waals surface area contributed by atoms with Crippen LogP contribution in [0.1, 0.15) is 38.7 Å². The van der Waals surface area contributed by atoms with E-state index in [0.717, 1.165) is 25.9 Å². The highest BCUT2D eigenvalue weighted by Gasteiger charge is 2.30. The summed E-state index contributed by atoms with van der Waals surface area (Å²) in [6, 6.07) is 10.3. The lowest BCUT2D eigenvalue weighted by molar-refractivity contribution is -0.144. The lowest BCUT2D eigenvalue weighted by Crippen LogP contribution is -2.49. The minimum absolute atomic E-state index is 0.578. The second-order valence-electron chi connectivity index (χ2n) is 5.47. The molecule has 0 aliphatic carbocycles. The van der Waals surface area contributed by atoms with Gasteiger partial charge in [-0.3, -0.25) is 4.79 Å². The van der Waals surface area contributed by atoms with Crippen molar-refractivity contribution in [3.63, 3.8) is 0 Å². The van der Waals surface area contributed by atoms with E-state index in [9.17, 15) is 9.90 Å². The topological polar surface area (TPSA) is 58.6 Å². The van der Waals surface area contributed by atoms with Crippen LogP contribution in [0.4, 0.5) is 0 Å². The molecular weight excluding hydrogens is 266 g/mol. The van der Waals surface area contributed by atoms with Crippen molar-refractivity contribution >= 4 is 5.97 Å². The van der Waals surface area contributed by atoms with Gasteiger partial charge in [-0.2, -0.15) is 0 Å². The van der Waals surface area contributed by atoms with Crippen molar-refractivity contribution in [1.29, 1.82) is 0 Å². The normalized spacial score (nSPS) is 13.8. The molecule has 0 fully saturated rings. The van der Waals surface area contributed by atoms with Crippen LogP contribution < -0.4 is 5.32 Å². The third-order valence-corrected chi connectivity index (χ3v) is 3.60. The maximum Gasteiger partial charge on any atom is 0.323 e. The molecule has 0 bridgehead atoms. The second-order valence-corrected chi connectivity index (χ2v) is 5.47. The Bertz CT molecular complexity index is 408. The van der Waals surface area contributed by atoms with Crippen molar-refractivity contribution < 1.29 is 14.6 Å². The van der Waals surface area contributed by atoms with Gasteiger partial charge in [0.2, 0.25) is 0 Å². The largest absolute Gasteiger partial charge is 0.480 e. The molecule has 2 N–H and O–H groups in total. The molecule has 1 unspecified atom stereocenters. The first kappa shape index (κ1) is 17.7. The number of hydrogen-bond donors (Lipinski definition) is 2. The lowest BCUT2D eigenvalue weighted by Gasteiger charge is -2.25. The molecule has 0 aliphatic rings. The summed E-state index contributed by atoms with van der Waals surface area (Å²) in [7, 11) is 0. The van der Waals surface area contributed by atoms with Crippen molar-refractivity contribution in [2.75, 3.05) is 19.8 Å². The Labute approximate surface area is 127 Å². The van der Waals surface area contributed by atoms with Crippen LogP contribution in [-0.4, -0.2) is 36.4 Å². The molecule has 1 aromatic rings. The summed E-state index contributed by atoms with van der Waals surface area (Å²) in [6.45, 7) is 5.64. The molecule has 0 radical (unpaired) electrons. The zero-order valence-corrected chi connectivity index (χ0v) is 13.1. The Balaban J connectivity index is 2.10. The molecule has 0 aromatic heterocycles. The van der Waals surface area contributed by atoms with E-state index in [-0.39, 0.29) is 0 Å². The van der Waals surface area contributed by atoms with Gasteiger partial charge in [0, 0.05) is 13.2 Å². The van der Waals surface area contributed by atoms with E-state index < -0.39 is 11.5 Å². The minimum Gasteiger partial charge on any atom is -0.480 e. The average Bonchev–Trinajstić information content (AvgIpc) is 2.47. The van der Waals surface area contributed by atoms with Crippen LogP contribution in [0.2, 0.25) is 0 Å². The van der Waals surface area contributed by atoms with E-state index in [2.05, 4.69) is 17.4 Å². The summed E-state index contributed by atoms with van der Waals surface area (Å²) >= 11 is 0. The maximum absolute atomic E-state index is 11.2. The smallest absolute Gasteiger partial charge is 0.323 e. The van der Waals surface area contributed by atoms with Gasteiger partial charge in [0.1, 0.15) is 5.54 Å². The molecule has 1 rings (SSSR count). The summed E-state index contributed by atoms with van der Waals surface area (Å²) in [5.41, 5.74) is 0.481. The van der Waals surface area contributed by atoms with Crippen molar-refractivity contribution in [2.24, 2.45) is 0 Å². The van der Waals surface area contributed by atoms with Crippen LogP contribution in [0, 0.1) is 0 Å². The molecule has 4 nitrogen and oxygen atoms in total. The molecule has 0 saturated heterocycles. The van der Waals surface area contributed by atoms with Gasteiger partial charge in [-0.1, -0.05) is 37.3 Å². The van der Waals surface area contributed by atoms with E-state index in [1.807, 2.05) is 25.1 Å². The zero-order valence-electron chi connectivity index (χ0n) is 13.1. The van der Waals surface area contributed by atoms with Crippen molar-refractivity contribution in [2.45, 2.75) is 45.1 Å². The average molecular weight is 293 g/mol. The van der Waals surface area contributed by atoms with Gasteiger partial charge >= 0.3 is 5.97 Å². The van der Waals surface area contributed by atoms with Gasteiger partial charge in [0.05, 0.1) is 0 Å². The Hall–Kier alpha value is -1.39. The van der Waals surface area contributed by atoms with E-state index in [0.29, 0.717) is 19.6 Å². The number of aliphatic carboxylic acids is 1. The highest BCUT2D eigenvalue weighted by Crippen LogP contribution is 2.13. The van der Waals surface area contributed by atoms with Crippen LogP contribution in [0.25, 0.3) is 0 Å². The fourth-order valence-corrected chi connectivity index (χ4v) is 2.31. The molecule has 0 spiro atoms. The summed E-state index contributed by atoms with van der Waals surface area (Å²) in [5, 5.41) is 12.3. The minimum atomic E-state index is -0.845. The number of rotatable bonds is 11. The van der Waals surface area contributed by atoms with Crippen LogP contribution in [-0.2, 0) is 16.0 Å². The fraction of sp³-hybridized carbons (Fsp3) is 0.588. The zero-order chi connectivity index (χ0) is 15.6. The van der Waals surface area contributed by atoms with Crippen LogP contribution in [0.3, 0.4) is 0 Å². The van der Waals surface area contributed by atoms with Gasteiger partial charge in [-0.15, -0.1) is 0 Å². The monoisotopic (exact) mass is 293 g/mol. The first-order valence-corrected chi connectivity index (χ1v) is 7.68. The van der Waals surface area contributed by atoms with Crippen LogP contribution in [0.15, 0.2) is 30.3 Å². The quantitative estimate of drug-likeness (QED) is 0.616. The van der Waals surface area contributed by atoms with Crippen molar-refractivity contribution in [1.82, 2.24) is 5.32 Å². The summed E-state index contributed by atoms with van der Waals surface area (Å²) in [6.07, 6.45) is 3.34. The number of ether oxygens (including phenoxy) is 1. The Morgan fingerprint density at radius 1 is 1.24 bits per heavy atom. The molecule has 0 saturated carbocycles. The molecule has 118 valence electrons. The van der Waals surface area contributed by atoms with Gasteiger partial charge in [0.15, 0.2) is 0 Å². The highest BCUT2D eigenvalue weighted by molar-refractivity contribution is 5.78. The molecule has 0 heterocycles. The first-order chi connectivity index (χ1) is 10.1. The number of hydrogen-bond acceptors (Lipinski definition) is 3. The van der Waals surface area contributed by atoms with Gasteiger partial charge in [-0.25, -0.2) is 0 Å². The molecular formula is C17H27NO3. The predicted molar refractivity (Wildman–Crippen MR) is 84.5 cm³/mol. The summed E-state index contributed by atoms with van der Waals surface area (Å²) in [4.78, 5) is 11.2. The van der Waals surface area contributed by atoms with E-state index >= 15 is 0 Å². The molecule has 0 aliphatic heterocycles. The standard InChI is InChI=1S/C17H27NO3/c1-3-18-17(2,16(19)20)12-8-14-21-13-7-11-15-9-5-4-6-10-15/h4-6,9-10,18H,3,7-8,11-14H2,1-2H3,(H,19,20). The third kappa shape index (κ3) is 6.74. The number of carboxylic acids is 1. The molecule has 21 heavy (non-hydrogen) atoms. The van der Waals surface area contributed by atoms with E-state index in [1.54, 1.807) is 6.92 Å². The summed E-state index contributed by atoms with van der Waals surface area (Å²) < 4.78 is 5.59. The van der Waals surface area contributed by atoms with Gasteiger partial charge in [-0.05, 0) is 44.7 Å². The molecule has 1 atom stereocenters. The molecule has 1 aromatic carbocycles. The number of carboxylic acid groups (broad SMARTS) is 1. The number of aryl methyl sites for hydroxylation is 1. The Kier molecular flexibility index (Phi) is 8.01. The van der Waals surface area contributed by atoms with Gasteiger partial charge < -0.3 is 15.2 Å². The van der Waals surface area contributed by atoms with E-state index in [4.69, 9.17) is 4.74 Å². The SMILES string of the molecule is CCNC(C)(CCCOCCCc1ccccc1)C(=O)O. The Morgan fingerprint density at radius 2 is 1.90 bits per heavy atom. The van der Waals surface area contributed by atoms with Gasteiger partial charge in [0.25, 0.3) is 0 Å². The van der Waals surface area contributed by atoms with Crippen LogP contribution in [0.5, 0.6) is 0 Å². The number of benzene rings is 1. The van der Waals surface area contributed by atoms with Crippen LogP contribution >= 0.6 is 0 Å². The van der Waals surface area contributed by atoms with Crippen molar-refractivity contribution in [3.8, 4) is 0 Å². The molecule has 0 amide bonds. The third-order valence-electron chi connectivity index (χ3n) is 3.60. The highest BCUT2D eigenvalue weighted by atomic mass is 16.5. The summed E-state index contributed by atoms with van der Waals surface area (Å²) in [5.74, 6) is -0.798. The number of nitrogens with one attached hydrogen (secondary N) is 1. The number of carbonyl (C=O) groups is 1. The maximum atomic E-state index is 11.2. The second kappa shape index (κ2) is 9.53. The van der Waals surface area contributed by atoms with Crippen molar-refractivity contribution in [3.05, 3.63) is 35.9 Å². The lowest BCUT2D eigenvalue weighted by atomic mass is 9.96. The molecule has 4 heteroatoms.